The first-order valence-corrected chi connectivity index (χ1v) is 5.30. The van der Waals surface area contributed by atoms with Gasteiger partial charge in [-0.15, -0.1) is 0 Å². The molecule has 1 rings (SSSR count). The standard InChI is InChI=1S/C12H16FNO3/c1-17-8-10(7-15)14-12(16)6-9-4-2-3-5-11(9)13/h2-5,10,15H,6-8H2,1H3,(H,14,16). The molecular formula is C12H16FNO3. The highest BCUT2D eigenvalue weighted by molar-refractivity contribution is 5.78. The summed E-state index contributed by atoms with van der Waals surface area (Å²) in [6.07, 6.45) is -0.0487. The van der Waals surface area contributed by atoms with Crippen molar-refractivity contribution < 1.29 is 19.0 Å². The van der Waals surface area contributed by atoms with Gasteiger partial charge in [0, 0.05) is 7.11 Å². The highest BCUT2D eigenvalue weighted by atomic mass is 19.1. The van der Waals surface area contributed by atoms with Gasteiger partial charge in [0.2, 0.25) is 5.91 Å². The Balaban J connectivity index is 2.52. The van der Waals surface area contributed by atoms with Crippen LogP contribution in [0, 0.1) is 5.82 Å². The van der Waals surface area contributed by atoms with Crippen LogP contribution in [-0.4, -0.2) is 37.4 Å². The minimum Gasteiger partial charge on any atom is -0.394 e. The Kier molecular flexibility index (Phi) is 5.59. The van der Waals surface area contributed by atoms with E-state index in [4.69, 9.17) is 9.84 Å². The maximum Gasteiger partial charge on any atom is 0.224 e. The van der Waals surface area contributed by atoms with E-state index in [1.807, 2.05) is 0 Å². The summed E-state index contributed by atoms with van der Waals surface area (Å²) < 4.78 is 18.1. The second-order valence-electron chi connectivity index (χ2n) is 3.67. The van der Waals surface area contributed by atoms with Crippen molar-refractivity contribution >= 4 is 5.91 Å². The number of aliphatic hydroxyl groups excluding tert-OH is 1. The van der Waals surface area contributed by atoms with E-state index in [0.717, 1.165) is 0 Å². The number of nitrogens with one attached hydrogen (secondary N) is 1. The number of carbonyl (C=O) groups is 1. The second kappa shape index (κ2) is 6.98. The average Bonchev–Trinajstić information content (AvgIpc) is 2.31. The van der Waals surface area contributed by atoms with Gasteiger partial charge in [-0.3, -0.25) is 4.79 Å². The Morgan fingerprint density at radius 3 is 2.82 bits per heavy atom. The number of carbonyl (C=O) groups excluding carboxylic acids is 1. The molecule has 1 unspecified atom stereocenters. The molecule has 0 spiro atoms. The van der Waals surface area contributed by atoms with E-state index in [1.54, 1.807) is 18.2 Å². The fourth-order valence-corrected chi connectivity index (χ4v) is 1.43. The molecule has 0 saturated heterocycles. The molecule has 2 N–H and O–H groups in total. The van der Waals surface area contributed by atoms with Gasteiger partial charge in [0.25, 0.3) is 0 Å². The highest BCUT2D eigenvalue weighted by Crippen LogP contribution is 2.06. The fourth-order valence-electron chi connectivity index (χ4n) is 1.43. The second-order valence-corrected chi connectivity index (χ2v) is 3.67. The molecule has 0 heterocycles. The third-order valence-electron chi connectivity index (χ3n) is 2.26. The Morgan fingerprint density at radius 2 is 2.24 bits per heavy atom. The third-order valence-corrected chi connectivity index (χ3v) is 2.26. The minimum atomic E-state index is -0.459. The molecule has 5 heteroatoms. The van der Waals surface area contributed by atoms with E-state index >= 15 is 0 Å². The number of ether oxygens (including phenoxy) is 1. The Labute approximate surface area is 99.4 Å². The largest absolute Gasteiger partial charge is 0.394 e. The summed E-state index contributed by atoms with van der Waals surface area (Å²) in [4.78, 5) is 11.6. The predicted molar refractivity (Wildman–Crippen MR) is 61.0 cm³/mol. The van der Waals surface area contributed by atoms with E-state index < -0.39 is 11.9 Å². The molecule has 1 aromatic rings. The predicted octanol–water partition coefficient (Wildman–Crippen LogP) is 0.492. The van der Waals surface area contributed by atoms with Crippen molar-refractivity contribution in [3.63, 3.8) is 0 Å². The van der Waals surface area contributed by atoms with Crippen LogP contribution in [0.2, 0.25) is 0 Å². The fraction of sp³-hybridized carbons (Fsp3) is 0.417. The molecule has 17 heavy (non-hydrogen) atoms. The van der Waals surface area contributed by atoms with Crippen molar-refractivity contribution in [2.75, 3.05) is 20.3 Å². The molecule has 0 saturated carbocycles. The zero-order valence-electron chi connectivity index (χ0n) is 9.65. The van der Waals surface area contributed by atoms with Gasteiger partial charge in [-0.1, -0.05) is 18.2 Å². The molecule has 1 amide bonds. The molecular weight excluding hydrogens is 225 g/mol. The quantitative estimate of drug-likeness (QED) is 0.762. The first kappa shape index (κ1) is 13.6. The lowest BCUT2D eigenvalue weighted by atomic mass is 10.1. The lowest BCUT2D eigenvalue weighted by Crippen LogP contribution is -2.41. The molecule has 0 fully saturated rings. The van der Waals surface area contributed by atoms with E-state index in [1.165, 1.54) is 13.2 Å². The molecule has 1 atom stereocenters. The molecule has 1 aromatic carbocycles. The van der Waals surface area contributed by atoms with Gasteiger partial charge in [-0.2, -0.15) is 0 Å². The maximum absolute atomic E-state index is 13.3. The summed E-state index contributed by atoms with van der Waals surface area (Å²) in [5, 5.41) is 11.5. The van der Waals surface area contributed by atoms with Crippen LogP contribution in [0.1, 0.15) is 5.56 Å². The van der Waals surface area contributed by atoms with Gasteiger partial charge in [0.15, 0.2) is 0 Å². The van der Waals surface area contributed by atoms with Gasteiger partial charge in [-0.05, 0) is 11.6 Å². The minimum absolute atomic E-state index is 0.0487. The Bertz CT molecular complexity index is 371. The number of hydrogen-bond acceptors (Lipinski definition) is 3. The molecule has 0 aliphatic carbocycles. The number of aliphatic hydroxyl groups is 1. The van der Waals surface area contributed by atoms with Gasteiger partial charge < -0.3 is 15.2 Å². The number of amides is 1. The summed E-state index contributed by atoms with van der Waals surface area (Å²) >= 11 is 0. The summed E-state index contributed by atoms with van der Waals surface area (Å²) in [7, 11) is 1.48. The van der Waals surface area contributed by atoms with Gasteiger partial charge in [0.05, 0.1) is 25.7 Å². The molecule has 0 radical (unpaired) electrons. The van der Waals surface area contributed by atoms with Crippen LogP contribution in [0.3, 0.4) is 0 Å². The molecule has 0 bridgehead atoms. The number of methoxy groups -OCH3 is 1. The topological polar surface area (TPSA) is 58.6 Å². The number of halogens is 1. The van der Waals surface area contributed by atoms with Gasteiger partial charge in [0.1, 0.15) is 5.82 Å². The van der Waals surface area contributed by atoms with Crippen molar-refractivity contribution in [3.05, 3.63) is 35.6 Å². The lowest BCUT2D eigenvalue weighted by molar-refractivity contribution is -0.121. The van der Waals surface area contributed by atoms with Crippen LogP contribution in [0.15, 0.2) is 24.3 Å². The Hall–Kier alpha value is -1.46. The lowest BCUT2D eigenvalue weighted by Gasteiger charge is -2.15. The third kappa shape index (κ3) is 4.50. The SMILES string of the molecule is COCC(CO)NC(=O)Cc1ccccc1F. The van der Waals surface area contributed by atoms with E-state index in [-0.39, 0.29) is 25.5 Å². The molecule has 0 aliphatic heterocycles. The van der Waals surface area contributed by atoms with Crippen LogP contribution in [0.4, 0.5) is 4.39 Å². The molecule has 0 aromatic heterocycles. The highest BCUT2D eigenvalue weighted by Gasteiger charge is 2.12. The smallest absolute Gasteiger partial charge is 0.224 e. The molecule has 4 nitrogen and oxygen atoms in total. The normalized spacial score (nSPS) is 12.2. The van der Waals surface area contributed by atoms with Crippen molar-refractivity contribution in [2.45, 2.75) is 12.5 Å². The van der Waals surface area contributed by atoms with Crippen molar-refractivity contribution in [1.82, 2.24) is 5.32 Å². The van der Waals surface area contributed by atoms with Crippen LogP contribution in [0.25, 0.3) is 0 Å². The zero-order valence-corrected chi connectivity index (χ0v) is 9.65. The van der Waals surface area contributed by atoms with E-state index in [2.05, 4.69) is 5.32 Å². The van der Waals surface area contributed by atoms with Gasteiger partial charge in [-0.25, -0.2) is 4.39 Å². The first-order chi connectivity index (χ1) is 8.17. The summed E-state index contributed by atoms with van der Waals surface area (Å²) in [6, 6.07) is 5.64. The van der Waals surface area contributed by atoms with Crippen LogP contribution in [0.5, 0.6) is 0 Å². The van der Waals surface area contributed by atoms with Crippen molar-refractivity contribution in [2.24, 2.45) is 0 Å². The van der Waals surface area contributed by atoms with Gasteiger partial charge >= 0.3 is 0 Å². The number of rotatable bonds is 6. The summed E-state index contributed by atoms with van der Waals surface area (Å²) in [5.41, 5.74) is 0.333. The first-order valence-electron chi connectivity index (χ1n) is 5.30. The Morgan fingerprint density at radius 1 is 1.53 bits per heavy atom. The van der Waals surface area contributed by atoms with Crippen LogP contribution >= 0.6 is 0 Å². The average molecular weight is 241 g/mol. The summed E-state index contributed by atoms with van der Waals surface area (Å²) in [6.45, 7) is 0.0103. The van der Waals surface area contributed by atoms with Crippen LogP contribution in [-0.2, 0) is 16.0 Å². The number of hydrogen-bond donors (Lipinski definition) is 2. The van der Waals surface area contributed by atoms with Crippen molar-refractivity contribution in [3.8, 4) is 0 Å². The monoisotopic (exact) mass is 241 g/mol. The van der Waals surface area contributed by atoms with Crippen molar-refractivity contribution in [1.29, 1.82) is 0 Å². The van der Waals surface area contributed by atoms with E-state index in [0.29, 0.717) is 5.56 Å². The maximum atomic E-state index is 13.3. The van der Waals surface area contributed by atoms with Crippen LogP contribution < -0.4 is 5.32 Å². The zero-order chi connectivity index (χ0) is 12.7. The number of benzene rings is 1. The summed E-state index contributed by atoms with van der Waals surface area (Å²) in [5.74, 6) is -0.749. The molecule has 0 aliphatic rings. The van der Waals surface area contributed by atoms with E-state index in [9.17, 15) is 9.18 Å². The molecule has 94 valence electrons.